The highest BCUT2D eigenvalue weighted by molar-refractivity contribution is 7.81. The Bertz CT molecular complexity index is 712. The van der Waals surface area contributed by atoms with Crippen LogP contribution in [0.15, 0.2) is 24.3 Å². The molecule has 0 radical (unpaired) electrons. The Hall–Kier alpha value is -2.36. The highest BCUT2D eigenvalue weighted by Crippen LogP contribution is 2.17. The van der Waals surface area contributed by atoms with Gasteiger partial charge in [-0.3, -0.25) is 0 Å². The summed E-state index contributed by atoms with van der Waals surface area (Å²) in [6.45, 7) is 4.88. The Morgan fingerprint density at radius 2 is 1.96 bits per heavy atom. The van der Waals surface area contributed by atoms with E-state index < -0.39 is 34.2 Å². The lowest BCUT2D eigenvalue weighted by molar-refractivity contribution is -0.139. The Kier molecular flexibility index (Phi) is 6.13. The van der Waals surface area contributed by atoms with E-state index >= 15 is 0 Å². The van der Waals surface area contributed by atoms with Gasteiger partial charge in [-0.05, 0) is 38.5 Å². The molecule has 24 heavy (non-hydrogen) atoms. The second-order valence-electron chi connectivity index (χ2n) is 5.87. The largest absolute Gasteiger partial charge is 0.488 e. The summed E-state index contributed by atoms with van der Waals surface area (Å²) in [6, 6.07) is 3.87. The number of ether oxygens (including phenoxy) is 1. The van der Waals surface area contributed by atoms with Crippen molar-refractivity contribution >= 4 is 22.6 Å². The van der Waals surface area contributed by atoms with Gasteiger partial charge in [-0.15, -0.1) is 0 Å². The van der Waals surface area contributed by atoms with Crippen molar-refractivity contribution in [1.29, 1.82) is 0 Å². The molecule has 2 N–H and O–H groups in total. The quantitative estimate of drug-likeness (QED) is 0.740. The van der Waals surface area contributed by atoms with Crippen molar-refractivity contribution in [2.75, 3.05) is 0 Å². The standard InChI is InChI=1S/C14H18FNO7S/c1-14(2,3)22-13(19)16-11(12(17)18)8-9-5-4-6-10(7-9)23-24(15,20)21/h4-7,11H,8H2,1-3H3,(H,16,19)(H,17,18)/t11-/m0/s1. The molecule has 0 heterocycles. The number of hydrogen-bond donors (Lipinski definition) is 2. The van der Waals surface area contributed by atoms with Crippen molar-refractivity contribution < 1.29 is 35.9 Å². The molecule has 0 aliphatic heterocycles. The number of amides is 1. The molecule has 0 unspecified atom stereocenters. The van der Waals surface area contributed by atoms with Gasteiger partial charge in [0.2, 0.25) is 0 Å². The van der Waals surface area contributed by atoms with E-state index in [1.54, 1.807) is 20.8 Å². The van der Waals surface area contributed by atoms with Crippen LogP contribution in [-0.2, 0) is 26.5 Å². The van der Waals surface area contributed by atoms with Crippen LogP contribution >= 0.6 is 0 Å². The molecule has 134 valence electrons. The molecule has 1 rings (SSSR count). The van der Waals surface area contributed by atoms with Crippen molar-refractivity contribution in [1.82, 2.24) is 5.32 Å². The van der Waals surface area contributed by atoms with E-state index in [1.807, 2.05) is 0 Å². The van der Waals surface area contributed by atoms with E-state index in [0.717, 1.165) is 6.07 Å². The maximum atomic E-state index is 12.5. The van der Waals surface area contributed by atoms with E-state index in [4.69, 9.17) is 4.74 Å². The molecule has 1 aromatic carbocycles. The van der Waals surface area contributed by atoms with Crippen LogP contribution in [0.4, 0.5) is 8.68 Å². The highest BCUT2D eigenvalue weighted by Gasteiger charge is 2.24. The fourth-order valence-electron chi connectivity index (χ4n) is 1.72. The molecule has 1 aromatic rings. The third-order valence-corrected chi connectivity index (χ3v) is 2.91. The minimum Gasteiger partial charge on any atom is -0.480 e. The van der Waals surface area contributed by atoms with Gasteiger partial charge in [-0.25, -0.2) is 9.59 Å². The number of hydrogen-bond acceptors (Lipinski definition) is 6. The lowest BCUT2D eigenvalue weighted by atomic mass is 10.1. The minimum absolute atomic E-state index is 0.182. The number of carbonyl (C=O) groups is 2. The van der Waals surface area contributed by atoms with Crippen LogP contribution in [0.25, 0.3) is 0 Å². The summed E-state index contributed by atoms with van der Waals surface area (Å²) in [5, 5.41) is 11.4. The Morgan fingerprint density at radius 3 is 2.46 bits per heavy atom. The fourth-order valence-corrected chi connectivity index (χ4v) is 2.06. The first-order valence-corrected chi connectivity index (χ1v) is 8.12. The first-order chi connectivity index (χ1) is 10.9. The summed E-state index contributed by atoms with van der Waals surface area (Å²) >= 11 is 0. The second-order valence-corrected chi connectivity index (χ2v) is 6.82. The number of aliphatic carboxylic acids is 1. The summed E-state index contributed by atoms with van der Waals surface area (Å²) in [5.74, 6) is -1.62. The minimum atomic E-state index is -5.18. The predicted octanol–water partition coefficient (Wildman–Crippen LogP) is 1.80. The van der Waals surface area contributed by atoms with Crippen molar-refractivity contribution in [2.45, 2.75) is 38.8 Å². The average Bonchev–Trinajstić information content (AvgIpc) is 2.33. The van der Waals surface area contributed by atoms with Crippen LogP contribution in [0.2, 0.25) is 0 Å². The predicted molar refractivity (Wildman–Crippen MR) is 81.6 cm³/mol. The molecule has 0 saturated carbocycles. The first kappa shape index (κ1) is 19.7. The van der Waals surface area contributed by atoms with Crippen molar-refractivity contribution in [3.05, 3.63) is 29.8 Å². The fraction of sp³-hybridized carbons (Fsp3) is 0.429. The normalized spacial score (nSPS) is 13.0. The van der Waals surface area contributed by atoms with Gasteiger partial charge in [-0.1, -0.05) is 16.0 Å². The van der Waals surface area contributed by atoms with Crippen molar-refractivity contribution in [2.24, 2.45) is 0 Å². The highest BCUT2D eigenvalue weighted by atomic mass is 32.3. The zero-order chi connectivity index (χ0) is 18.5. The van der Waals surface area contributed by atoms with E-state index in [2.05, 4.69) is 9.50 Å². The van der Waals surface area contributed by atoms with Gasteiger partial charge in [-0.2, -0.15) is 8.42 Å². The summed E-state index contributed by atoms with van der Waals surface area (Å²) in [5.41, 5.74) is -0.476. The monoisotopic (exact) mass is 363 g/mol. The Morgan fingerprint density at radius 1 is 1.33 bits per heavy atom. The molecule has 0 aliphatic rings. The SMILES string of the molecule is CC(C)(C)OC(=O)N[C@@H](Cc1cccc(OS(=O)(=O)F)c1)C(=O)O. The molecule has 8 nitrogen and oxygen atoms in total. The van der Waals surface area contributed by atoms with Gasteiger partial charge in [0, 0.05) is 6.42 Å². The van der Waals surface area contributed by atoms with Gasteiger partial charge in [0.1, 0.15) is 17.4 Å². The van der Waals surface area contributed by atoms with E-state index in [9.17, 15) is 27.0 Å². The number of nitrogens with one attached hydrogen (secondary N) is 1. The number of carboxylic acid groups (broad SMARTS) is 1. The van der Waals surface area contributed by atoms with Gasteiger partial charge in [0.25, 0.3) is 0 Å². The number of carbonyl (C=O) groups excluding carboxylic acids is 1. The summed E-state index contributed by atoms with van der Waals surface area (Å²) in [4.78, 5) is 22.9. The van der Waals surface area contributed by atoms with Crippen LogP contribution < -0.4 is 9.50 Å². The third kappa shape index (κ3) is 7.77. The summed E-state index contributed by atoms with van der Waals surface area (Å²) in [6.07, 6.45) is -1.09. The van der Waals surface area contributed by atoms with Crippen LogP contribution in [0.1, 0.15) is 26.3 Å². The maximum Gasteiger partial charge on any atom is 0.488 e. The molecule has 0 bridgehead atoms. The van der Waals surface area contributed by atoms with Crippen LogP contribution in [0, 0.1) is 0 Å². The van der Waals surface area contributed by atoms with Gasteiger partial charge in [0.05, 0.1) is 0 Å². The number of halogens is 1. The number of alkyl carbamates (subject to hydrolysis) is 1. The molecule has 1 amide bonds. The summed E-state index contributed by atoms with van der Waals surface area (Å²) < 4.78 is 42.5. The molecule has 0 spiro atoms. The lowest BCUT2D eigenvalue weighted by Gasteiger charge is -2.22. The molecule has 10 heteroatoms. The third-order valence-electron chi connectivity index (χ3n) is 2.52. The van der Waals surface area contributed by atoms with Gasteiger partial charge >= 0.3 is 22.6 Å². The molecule has 0 aromatic heterocycles. The maximum absolute atomic E-state index is 12.5. The van der Waals surface area contributed by atoms with Crippen molar-refractivity contribution in [3.63, 3.8) is 0 Å². The summed E-state index contributed by atoms with van der Waals surface area (Å²) in [7, 11) is -5.18. The smallest absolute Gasteiger partial charge is 0.480 e. The zero-order valence-corrected chi connectivity index (χ0v) is 14.1. The van der Waals surface area contributed by atoms with E-state index in [-0.39, 0.29) is 12.2 Å². The molecule has 0 fully saturated rings. The lowest BCUT2D eigenvalue weighted by Crippen LogP contribution is -2.44. The van der Waals surface area contributed by atoms with Crippen LogP contribution in [0.5, 0.6) is 5.75 Å². The Labute approximate surface area is 139 Å². The van der Waals surface area contributed by atoms with E-state index in [0.29, 0.717) is 5.56 Å². The second kappa shape index (κ2) is 7.47. The number of rotatable bonds is 6. The van der Waals surface area contributed by atoms with Gasteiger partial charge in [0.15, 0.2) is 0 Å². The molecule has 1 atom stereocenters. The zero-order valence-electron chi connectivity index (χ0n) is 13.3. The molecular formula is C14H18FNO7S. The molecular weight excluding hydrogens is 345 g/mol. The van der Waals surface area contributed by atoms with Crippen LogP contribution in [0.3, 0.4) is 0 Å². The molecule has 0 saturated heterocycles. The average molecular weight is 363 g/mol. The molecule has 0 aliphatic carbocycles. The number of benzene rings is 1. The Balaban J connectivity index is 2.84. The van der Waals surface area contributed by atoms with Crippen LogP contribution in [-0.4, -0.2) is 37.2 Å². The van der Waals surface area contributed by atoms with Crippen molar-refractivity contribution in [3.8, 4) is 5.75 Å². The number of carboxylic acids is 1. The van der Waals surface area contributed by atoms with E-state index in [1.165, 1.54) is 18.2 Å². The van der Waals surface area contributed by atoms with Gasteiger partial charge < -0.3 is 19.3 Å². The topological polar surface area (TPSA) is 119 Å². The first-order valence-electron chi connectivity index (χ1n) is 6.81.